The molecule has 22 heavy (non-hydrogen) atoms. The summed E-state index contributed by atoms with van der Waals surface area (Å²) in [4.78, 5) is 24.1. The van der Waals surface area contributed by atoms with E-state index in [4.69, 9.17) is 4.74 Å². The van der Waals surface area contributed by atoms with Crippen molar-refractivity contribution in [1.29, 1.82) is 0 Å². The van der Waals surface area contributed by atoms with Crippen LogP contribution in [0.2, 0.25) is 0 Å². The zero-order valence-electron chi connectivity index (χ0n) is 12.4. The molecule has 3 nitrogen and oxygen atoms in total. The second kappa shape index (κ2) is 3.64. The summed E-state index contributed by atoms with van der Waals surface area (Å²) < 4.78 is 4.85. The van der Waals surface area contributed by atoms with Gasteiger partial charge in [0, 0.05) is 11.8 Å². The van der Waals surface area contributed by atoms with Crippen LogP contribution in [0.15, 0.2) is 34.4 Å². The van der Waals surface area contributed by atoms with Crippen molar-refractivity contribution in [2.45, 2.75) is 32.1 Å². The first-order chi connectivity index (χ1) is 10.7. The molecule has 0 spiro atoms. The lowest BCUT2D eigenvalue weighted by Gasteiger charge is -2.52. The van der Waals surface area contributed by atoms with E-state index in [1.165, 1.54) is 37.7 Å². The molecule has 7 aliphatic rings. The minimum atomic E-state index is -0.390. The molecule has 2 atom stereocenters. The minimum absolute atomic E-state index is 0.0477. The van der Waals surface area contributed by atoms with Crippen molar-refractivity contribution < 1.29 is 14.3 Å². The second-order valence-corrected chi connectivity index (χ2v) is 8.06. The van der Waals surface area contributed by atoms with Crippen LogP contribution in [-0.2, 0) is 14.3 Å². The Morgan fingerprint density at radius 3 is 1.73 bits per heavy atom. The van der Waals surface area contributed by atoms with Gasteiger partial charge in [0.25, 0.3) is 0 Å². The lowest BCUT2D eigenvalue weighted by molar-refractivity contribution is -0.151. The van der Waals surface area contributed by atoms with E-state index in [1.807, 2.05) is 0 Å². The molecule has 4 fully saturated rings. The van der Waals surface area contributed by atoms with E-state index < -0.39 is 11.9 Å². The van der Waals surface area contributed by atoms with E-state index in [0.717, 1.165) is 23.7 Å². The van der Waals surface area contributed by atoms with Crippen molar-refractivity contribution in [3.05, 3.63) is 34.4 Å². The second-order valence-electron chi connectivity index (χ2n) is 8.06. The number of ether oxygens (including phenoxy) is 1. The van der Waals surface area contributed by atoms with Crippen LogP contribution in [0.4, 0.5) is 0 Å². The molecule has 1 aliphatic heterocycles. The van der Waals surface area contributed by atoms with Gasteiger partial charge in [-0.25, -0.2) is 9.59 Å². The van der Waals surface area contributed by atoms with Gasteiger partial charge in [0.2, 0.25) is 0 Å². The predicted octanol–water partition coefficient (Wildman–Crippen LogP) is 2.93. The smallest absolute Gasteiger partial charge is 0.343 e. The summed E-state index contributed by atoms with van der Waals surface area (Å²) in [6.45, 7) is 0. The quantitative estimate of drug-likeness (QED) is 0.392. The minimum Gasteiger partial charge on any atom is -0.386 e. The molecule has 112 valence electrons. The molecular formula is C19H18O3. The predicted molar refractivity (Wildman–Crippen MR) is 78.3 cm³/mol. The van der Waals surface area contributed by atoms with E-state index in [0.29, 0.717) is 11.1 Å². The molecule has 7 rings (SSSR count). The van der Waals surface area contributed by atoms with Crippen LogP contribution < -0.4 is 0 Å². The number of hydrogen-bond acceptors (Lipinski definition) is 3. The highest BCUT2D eigenvalue weighted by Gasteiger charge is 2.55. The maximum atomic E-state index is 12.0. The fourth-order valence-corrected chi connectivity index (χ4v) is 6.65. The maximum Gasteiger partial charge on any atom is 0.343 e. The lowest BCUT2D eigenvalue weighted by Crippen LogP contribution is -2.41. The molecule has 3 heteroatoms. The Bertz CT molecular complexity index is 670. The molecule has 0 radical (unpaired) electrons. The normalized spacial score (nSPS) is 47.1. The third-order valence-electron chi connectivity index (χ3n) is 7.05. The molecule has 0 aromatic carbocycles. The third kappa shape index (κ3) is 1.22. The summed E-state index contributed by atoms with van der Waals surface area (Å²) in [7, 11) is 0. The Balaban J connectivity index is 1.50. The van der Waals surface area contributed by atoms with Crippen LogP contribution in [0, 0.1) is 35.5 Å². The van der Waals surface area contributed by atoms with E-state index in [1.54, 1.807) is 5.57 Å². The van der Waals surface area contributed by atoms with Crippen molar-refractivity contribution in [3.63, 3.8) is 0 Å². The van der Waals surface area contributed by atoms with E-state index >= 15 is 0 Å². The average molecular weight is 294 g/mol. The van der Waals surface area contributed by atoms with Crippen molar-refractivity contribution >= 4 is 11.9 Å². The fourth-order valence-electron chi connectivity index (χ4n) is 6.65. The topological polar surface area (TPSA) is 43.4 Å². The summed E-state index contributed by atoms with van der Waals surface area (Å²) in [5, 5.41) is 0. The highest BCUT2D eigenvalue weighted by atomic mass is 16.6. The van der Waals surface area contributed by atoms with Gasteiger partial charge in [-0.05, 0) is 61.3 Å². The van der Waals surface area contributed by atoms with Gasteiger partial charge in [-0.1, -0.05) is 17.7 Å². The van der Waals surface area contributed by atoms with Crippen LogP contribution in [0.3, 0.4) is 0 Å². The zero-order chi connectivity index (χ0) is 14.6. The number of hydrogen-bond donors (Lipinski definition) is 0. The molecular weight excluding hydrogens is 276 g/mol. The van der Waals surface area contributed by atoms with Crippen LogP contribution in [0.25, 0.3) is 0 Å². The van der Waals surface area contributed by atoms with Gasteiger partial charge in [-0.2, -0.15) is 0 Å². The van der Waals surface area contributed by atoms with Gasteiger partial charge >= 0.3 is 11.9 Å². The van der Waals surface area contributed by atoms with Crippen LogP contribution in [0.5, 0.6) is 0 Å². The monoisotopic (exact) mass is 294 g/mol. The molecule has 0 saturated heterocycles. The molecule has 1 heterocycles. The van der Waals surface area contributed by atoms with Crippen molar-refractivity contribution in [1.82, 2.24) is 0 Å². The van der Waals surface area contributed by atoms with Crippen LogP contribution in [0.1, 0.15) is 32.1 Å². The van der Waals surface area contributed by atoms with Crippen LogP contribution >= 0.6 is 0 Å². The SMILES string of the molecule is O=C1OC(=O)C2=C1C1C=CC2C1=C1C2CC3CC(C2)CC1C3. The van der Waals surface area contributed by atoms with E-state index in [2.05, 4.69) is 12.2 Å². The molecule has 0 N–H and O–H groups in total. The Kier molecular flexibility index (Phi) is 1.96. The van der Waals surface area contributed by atoms with Gasteiger partial charge in [-0.15, -0.1) is 0 Å². The molecule has 2 unspecified atom stereocenters. The highest BCUT2D eigenvalue weighted by molar-refractivity contribution is 6.15. The number of rotatable bonds is 0. The molecule has 6 aliphatic carbocycles. The Morgan fingerprint density at radius 1 is 0.727 bits per heavy atom. The first kappa shape index (κ1) is 11.9. The standard InChI is InChI=1S/C19H18O3/c20-18-16-12-1-2-13(17(16)19(21)22-18)15(12)14-10-4-8-3-9(6-10)7-11(14)5-8/h1-2,8-13H,3-7H2. The molecule has 0 aromatic rings. The summed E-state index contributed by atoms with van der Waals surface area (Å²) in [6.07, 6.45) is 11.1. The Labute approximate surface area is 129 Å². The highest BCUT2D eigenvalue weighted by Crippen LogP contribution is 2.62. The first-order valence-electron chi connectivity index (χ1n) is 8.63. The number of fused-ring (bicyclic) bond motifs is 4. The van der Waals surface area contributed by atoms with Gasteiger partial charge in [0.1, 0.15) is 0 Å². The molecule has 6 bridgehead atoms. The number of esters is 2. The van der Waals surface area contributed by atoms with Gasteiger partial charge < -0.3 is 4.74 Å². The summed E-state index contributed by atoms with van der Waals surface area (Å²) in [5.41, 5.74) is 4.37. The van der Waals surface area contributed by atoms with Crippen molar-refractivity contribution in [2.75, 3.05) is 0 Å². The van der Waals surface area contributed by atoms with Gasteiger partial charge in [0.15, 0.2) is 0 Å². The summed E-state index contributed by atoms with van der Waals surface area (Å²) >= 11 is 0. The van der Waals surface area contributed by atoms with Gasteiger partial charge in [-0.3, -0.25) is 0 Å². The van der Waals surface area contributed by atoms with Crippen molar-refractivity contribution in [3.8, 4) is 0 Å². The lowest BCUT2D eigenvalue weighted by atomic mass is 9.53. The van der Waals surface area contributed by atoms with E-state index in [-0.39, 0.29) is 11.8 Å². The number of carbonyl (C=O) groups is 2. The third-order valence-corrected chi connectivity index (χ3v) is 7.05. The summed E-state index contributed by atoms with van der Waals surface area (Å²) in [6, 6.07) is 0. The van der Waals surface area contributed by atoms with Crippen molar-refractivity contribution in [2.24, 2.45) is 35.5 Å². The molecule has 0 aromatic heterocycles. The van der Waals surface area contributed by atoms with E-state index in [9.17, 15) is 9.59 Å². The zero-order valence-corrected chi connectivity index (χ0v) is 12.4. The molecule has 0 amide bonds. The van der Waals surface area contributed by atoms with Gasteiger partial charge in [0.05, 0.1) is 11.1 Å². The Hall–Kier alpha value is -1.64. The first-order valence-corrected chi connectivity index (χ1v) is 8.63. The van der Waals surface area contributed by atoms with Crippen LogP contribution in [-0.4, -0.2) is 11.9 Å². The fraction of sp³-hybridized carbons (Fsp3) is 0.579. The average Bonchev–Trinajstić information content (AvgIpc) is 3.10. The largest absolute Gasteiger partial charge is 0.386 e. The summed E-state index contributed by atoms with van der Waals surface area (Å²) in [5.74, 6) is 2.63. The maximum absolute atomic E-state index is 12.0. The number of allylic oxidation sites excluding steroid dienone is 4. The Morgan fingerprint density at radius 2 is 1.23 bits per heavy atom. The number of cyclic esters (lactones) is 2. The number of carbonyl (C=O) groups excluding carboxylic acids is 2. The molecule has 4 saturated carbocycles.